The molecule has 216 valence electrons. The maximum absolute atomic E-state index is 13.3. The van der Waals surface area contributed by atoms with Gasteiger partial charge in [-0.15, -0.1) is 0 Å². The van der Waals surface area contributed by atoms with E-state index in [1.165, 1.54) is 19.3 Å². The van der Waals surface area contributed by atoms with Crippen LogP contribution >= 0.6 is 0 Å². The minimum atomic E-state index is 0.0461. The van der Waals surface area contributed by atoms with Crippen molar-refractivity contribution in [1.29, 1.82) is 0 Å². The third-order valence-electron chi connectivity index (χ3n) is 8.50. The van der Waals surface area contributed by atoms with Crippen LogP contribution in [0.1, 0.15) is 56.9 Å². The van der Waals surface area contributed by atoms with Crippen LogP contribution in [0.15, 0.2) is 42.5 Å². The molecule has 0 aromatic heterocycles. The summed E-state index contributed by atoms with van der Waals surface area (Å²) in [6, 6.07) is 14.9. The fraction of sp³-hybridized carbons (Fsp3) is 0.562. The standard InChI is InChI=1S/C32H45N5O3/c33-14-7-17-37(32(39)36-18-20-40-21-19-36)24-25-8-6-11-27(22-25)28-12-13-30(35-15-4-5-16-35)29(23-28)34-31(38)26-9-2-1-3-10-26/h6,8,11-13,22-23,26H,1-5,7,9-10,14-21,24,33H2,(H,34,38). The lowest BCUT2D eigenvalue weighted by Gasteiger charge is -2.33. The molecule has 2 aliphatic heterocycles. The van der Waals surface area contributed by atoms with Gasteiger partial charge >= 0.3 is 6.03 Å². The molecule has 3 fully saturated rings. The first kappa shape index (κ1) is 28.4. The molecular formula is C32H45N5O3. The van der Waals surface area contributed by atoms with Crippen LogP contribution in [-0.4, -0.2) is 74.2 Å². The van der Waals surface area contributed by atoms with Gasteiger partial charge in [0.05, 0.1) is 24.6 Å². The summed E-state index contributed by atoms with van der Waals surface area (Å²) in [4.78, 5) is 32.7. The normalized spacial score (nSPS) is 18.1. The molecule has 2 aromatic carbocycles. The van der Waals surface area contributed by atoms with Crippen LogP contribution in [-0.2, 0) is 16.1 Å². The molecule has 3 amide bonds. The molecule has 0 atom stereocenters. The number of carbonyl (C=O) groups is 2. The fourth-order valence-corrected chi connectivity index (χ4v) is 6.20. The Labute approximate surface area is 238 Å². The van der Waals surface area contributed by atoms with Gasteiger partial charge in [-0.25, -0.2) is 4.79 Å². The zero-order valence-electron chi connectivity index (χ0n) is 23.8. The van der Waals surface area contributed by atoms with Crippen molar-refractivity contribution < 1.29 is 14.3 Å². The van der Waals surface area contributed by atoms with Crippen molar-refractivity contribution in [2.75, 3.05) is 62.7 Å². The van der Waals surface area contributed by atoms with Gasteiger partial charge in [-0.05, 0) is 73.5 Å². The second-order valence-electron chi connectivity index (χ2n) is 11.4. The van der Waals surface area contributed by atoms with E-state index in [0.29, 0.717) is 45.9 Å². The highest BCUT2D eigenvalue weighted by molar-refractivity contribution is 5.97. The van der Waals surface area contributed by atoms with Crippen molar-refractivity contribution >= 4 is 23.3 Å². The molecule has 0 unspecified atom stereocenters. The van der Waals surface area contributed by atoms with E-state index in [9.17, 15) is 9.59 Å². The predicted molar refractivity (Wildman–Crippen MR) is 160 cm³/mol. The van der Waals surface area contributed by atoms with Gasteiger partial charge in [-0.1, -0.05) is 43.5 Å². The molecule has 0 bridgehead atoms. The summed E-state index contributed by atoms with van der Waals surface area (Å²) >= 11 is 0. The van der Waals surface area contributed by atoms with Crippen molar-refractivity contribution in [2.45, 2.75) is 57.9 Å². The molecular weight excluding hydrogens is 502 g/mol. The minimum Gasteiger partial charge on any atom is -0.378 e. The number of urea groups is 1. The number of benzene rings is 2. The number of hydrogen-bond donors (Lipinski definition) is 2. The number of nitrogens with zero attached hydrogens (tertiary/aromatic N) is 3. The molecule has 8 nitrogen and oxygen atoms in total. The first-order valence-electron chi connectivity index (χ1n) is 15.2. The Morgan fingerprint density at radius 2 is 1.68 bits per heavy atom. The lowest BCUT2D eigenvalue weighted by molar-refractivity contribution is -0.120. The Bertz CT molecular complexity index is 1140. The molecule has 1 saturated carbocycles. The van der Waals surface area contributed by atoms with Crippen LogP contribution in [0.25, 0.3) is 11.1 Å². The van der Waals surface area contributed by atoms with Gasteiger partial charge in [0.2, 0.25) is 5.91 Å². The van der Waals surface area contributed by atoms with E-state index in [2.05, 4.69) is 52.7 Å². The molecule has 0 spiro atoms. The van der Waals surface area contributed by atoms with Gasteiger partial charge in [0.15, 0.2) is 0 Å². The first-order valence-corrected chi connectivity index (χ1v) is 15.2. The highest BCUT2D eigenvalue weighted by atomic mass is 16.5. The van der Waals surface area contributed by atoms with Crippen molar-refractivity contribution in [2.24, 2.45) is 11.7 Å². The van der Waals surface area contributed by atoms with Crippen molar-refractivity contribution in [3.8, 4) is 11.1 Å². The number of morpholine rings is 1. The predicted octanol–water partition coefficient (Wildman–Crippen LogP) is 5.08. The summed E-state index contributed by atoms with van der Waals surface area (Å²) in [6.45, 7) is 6.16. The summed E-state index contributed by atoms with van der Waals surface area (Å²) < 4.78 is 5.44. The fourth-order valence-electron chi connectivity index (χ4n) is 6.20. The van der Waals surface area contributed by atoms with Gasteiger partial charge in [-0.2, -0.15) is 0 Å². The van der Waals surface area contributed by atoms with Crippen LogP contribution in [0, 0.1) is 5.92 Å². The van der Waals surface area contributed by atoms with Gasteiger partial charge in [0.1, 0.15) is 0 Å². The molecule has 2 heterocycles. The van der Waals surface area contributed by atoms with Crippen LogP contribution in [0.5, 0.6) is 0 Å². The number of nitrogens with two attached hydrogens (primary N) is 1. The van der Waals surface area contributed by atoms with E-state index in [-0.39, 0.29) is 17.9 Å². The smallest absolute Gasteiger partial charge is 0.320 e. The maximum atomic E-state index is 13.3. The highest BCUT2D eigenvalue weighted by Gasteiger charge is 2.25. The summed E-state index contributed by atoms with van der Waals surface area (Å²) in [6.07, 6.45) is 8.61. The largest absolute Gasteiger partial charge is 0.378 e. The lowest BCUT2D eigenvalue weighted by Crippen LogP contribution is -2.48. The van der Waals surface area contributed by atoms with E-state index in [4.69, 9.17) is 10.5 Å². The monoisotopic (exact) mass is 547 g/mol. The average molecular weight is 548 g/mol. The number of nitrogens with one attached hydrogen (secondary N) is 1. The number of carbonyl (C=O) groups excluding carboxylic acids is 2. The van der Waals surface area contributed by atoms with E-state index < -0.39 is 0 Å². The van der Waals surface area contributed by atoms with E-state index in [1.807, 2.05) is 9.80 Å². The summed E-state index contributed by atoms with van der Waals surface area (Å²) in [5.41, 5.74) is 11.0. The minimum absolute atomic E-state index is 0.0461. The van der Waals surface area contributed by atoms with E-state index in [0.717, 1.165) is 73.3 Å². The van der Waals surface area contributed by atoms with Gasteiger partial charge in [0, 0.05) is 45.2 Å². The molecule has 40 heavy (non-hydrogen) atoms. The molecule has 2 aromatic rings. The van der Waals surface area contributed by atoms with Crippen molar-refractivity contribution in [3.63, 3.8) is 0 Å². The summed E-state index contributed by atoms with van der Waals surface area (Å²) in [7, 11) is 0. The Balaban J connectivity index is 1.37. The first-order chi connectivity index (χ1) is 19.6. The van der Waals surface area contributed by atoms with Crippen LogP contribution in [0.4, 0.5) is 16.2 Å². The topological polar surface area (TPSA) is 91.1 Å². The van der Waals surface area contributed by atoms with Gasteiger partial charge in [-0.3, -0.25) is 4.79 Å². The molecule has 5 rings (SSSR count). The molecule has 2 saturated heterocycles. The van der Waals surface area contributed by atoms with E-state index in [1.54, 1.807) is 0 Å². The zero-order chi connectivity index (χ0) is 27.7. The Morgan fingerprint density at radius 1 is 0.925 bits per heavy atom. The average Bonchev–Trinajstić information content (AvgIpc) is 3.55. The molecule has 3 N–H and O–H groups in total. The third-order valence-corrected chi connectivity index (χ3v) is 8.50. The molecule has 3 aliphatic rings. The van der Waals surface area contributed by atoms with E-state index >= 15 is 0 Å². The number of amides is 3. The molecule has 1 aliphatic carbocycles. The SMILES string of the molecule is NCCCN(Cc1cccc(-c2ccc(N3CCCC3)c(NC(=O)C3CCCCC3)c2)c1)C(=O)N1CCOCC1. The van der Waals surface area contributed by atoms with Gasteiger partial charge < -0.3 is 30.5 Å². The number of hydrogen-bond acceptors (Lipinski definition) is 5. The van der Waals surface area contributed by atoms with Gasteiger partial charge in [0.25, 0.3) is 0 Å². The summed E-state index contributed by atoms with van der Waals surface area (Å²) in [5, 5.41) is 3.33. The van der Waals surface area contributed by atoms with Crippen molar-refractivity contribution in [1.82, 2.24) is 9.80 Å². The van der Waals surface area contributed by atoms with Crippen LogP contribution in [0.2, 0.25) is 0 Å². The Morgan fingerprint density at radius 3 is 2.42 bits per heavy atom. The summed E-state index contributed by atoms with van der Waals surface area (Å²) in [5.74, 6) is 0.263. The molecule has 0 radical (unpaired) electrons. The maximum Gasteiger partial charge on any atom is 0.320 e. The molecule has 8 heteroatoms. The van der Waals surface area contributed by atoms with Crippen molar-refractivity contribution in [3.05, 3.63) is 48.0 Å². The number of anilines is 2. The number of ether oxygens (including phenoxy) is 1. The Kier molecular flexibility index (Phi) is 9.95. The third kappa shape index (κ3) is 7.15. The lowest BCUT2D eigenvalue weighted by atomic mass is 9.88. The zero-order valence-corrected chi connectivity index (χ0v) is 23.8. The second-order valence-corrected chi connectivity index (χ2v) is 11.4. The Hall–Kier alpha value is -3.10. The second kappa shape index (κ2) is 14.0. The number of rotatable bonds is 9. The van der Waals surface area contributed by atoms with Crippen LogP contribution in [0.3, 0.4) is 0 Å². The van der Waals surface area contributed by atoms with Crippen LogP contribution < -0.4 is 16.0 Å². The highest BCUT2D eigenvalue weighted by Crippen LogP contribution is 2.35. The quantitative estimate of drug-likeness (QED) is 0.457.